The van der Waals surface area contributed by atoms with Crippen LogP contribution >= 0.6 is 0 Å². The van der Waals surface area contributed by atoms with Crippen molar-refractivity contribution in [1.82, 2.24) is 0 Å². The predicted octanol–water partition coefficient (Wildman–Crippen LogP) is -1.54. The summed E-state index contributed by atoms with van der Waals surface area (Å²) in [6, 6.07) is 8.88. The van der Waals surface area contributed by atoms with Crippen LogP contribution in [0.1, 0.15) is 11.8 Å². The van der Waals surface area contributed by atoms with E-state index in [-0.39, 0.29) is 0 Å². The van der Waals surface area contributed by atoms with Gasteiger partial charge in [-0.2, -0.15) is 0 Å². The Balaban J connectivity index is 2.04. The number of aliphatic hydroxyl groups excluding tert-OH is 4. The Morgan fingerprint density at radius 2 is 1.75 bits per heavy atom. The number of ether oxygens (including phenoxy) is 2. The van der Waals surface area contributed by atoms with Crippen molar-refractivity contribution in [3.05, 3.63) is 35.9 Å². The maximum Gasteiger partial charge on any atom is 0.188 e. The lowest BCUT2D eigenvalue weighted by Gasteiger charge is -2.40. The lowest BCUT2D eigenvalue weighted by atomic mass is 9.99. The number of aliphatic hydroxyl groups is 4. The molecular formula is C13H19NO6. The summed E-state index contributed by atoms with van der Waals surface area (Å²) in [5, 5.41) is 38.2. The van der Waals surface area contributed by atoms with E-state index in [0.29, 0.717) is 5.56 Å². The fourth-order valence-electron chi connectivity index (χ4n) is 2.05. The van der Waals surface area contributed by atoms with Gasteiger partial charge in [-0.15, -0.1) is 0 Å². The van der Waals surface area contributed by atoms with E-state index in [9.17, 15) is 15.3 Å². The summed E-state index contributed by atoms with van der Waals surface area (Å²) < 4.78 is 10.6. The van der Waals surface area contributed by atoms with Gasteiger partial charge in [0.25, 0.3) is 0 Å². The van der Waals surface area contributed by atoms with Crippen LogP contribution in [-0.2, 0) is 9.47 Å². The molecule has 1 fully saturated rings. The molecule has 1 saturated heterocycles. The van der Waals surface area contributed by atoms with Gasteiger partial charge in [-0.1, -0.05) is 30.3 Å². The Bertz CT molecular complexity index is 415. The van der Waals surface area contributed by atoms with Crippen LogP contribution in [-0.4, -0.2) is 57.7 Å². The first kappa shape index (κ1) is 15.3. The van der Waals surface area contributed by atoms with Gasteiger partial charge in [-0.3, -0.25) is 0 Å². The lowest BCUT2D eigenvalue weighted by Crippen LogP contribution is -2.59. The smallest absolute Gasteiger partial charge is 0.188 e. The molecule has 0 spiro atoms. The molecule has 6 atom stereocenters. The molecule has 0 amide bonds. The van der Waals surface area contributed by atoms with Crippen LogP contribution in [0.5, 0.6) is 0 Å². The minimum Gasteiger partial charge on any atom is -0.394 e. The number of hydrogen-bond acceptors (Lipinski definition) is 7. The van der Waals surface area contributed by atoms with Crippen molar-refractivity contribution in [2.24, 2.45) is 5.73 Å². The monoisotopic (exact) mass is 285 g/mol. The molecule has 0 bridgehead atoms. The fourth-order valence-corrected chi connectivity index (χ4v) is 2.05. The quantitative estimate of drug-likeness (QED) is 0.424. The zero-order valence-electron chi connectivity index (χ0n) is 10.7. The van der Waals surface area contributed by atoms with Crippen molar-refractivity contribution in [2.45, 2.75) is 36.9 Å². The second-order valence-electron chi connectivity index (χ2n) is 4.66. The highest BCUT2D eigenvalue weighted by molar-refractivity contribution is 5.16. The van der Waals surface area contributed by atoms with Gasteiger partial charge in [-0.25, -0.2) is 0 Å². The lowest BCUT2D eigenvalue weighted by molar-refractivity contribution is -0.312. The topological polar surface area (TPSA) is 125 Å². The van der Waals surface area contributed by atoms with E-state index in [0.717, 1.165) is 0 Å². The summed E-state index contributed by atoms with van der Waals surface area (Å²) in [6.07, 6.45) is -7.46. The SMILES string of the molecule is N[C@H](O[C@@H]1O[C@H](CO)[C@@H](O)[C@H](O)[C@H]1O)c1ccccc1. The first-order valence-corrected chi connectivity index (χ1v) is 6.31. The van der Waals surface area contributed by atoms with Gasteiger partial charge in [0, 0.05) is 0 Å². The first-order valence-electron chi connectivity index (χ1n) is 6.31. The molecule has 1 aliphatic heterocycles. The van der Waals surface area contributed by atoms with Crippen molar-refractivity contribution in [3.8, 4) is 0 Å². The molecule has 0 saturated carbocycles. The third-order valence-corrected chi connectivity index (χ3v) is 3.26. The Labute approximate surface area is 116 Å². The minimum absolute atomic E-state index is 0.509. The molecule has 112 valence electrons. The van der Waals surface area contributed by atoms with Crippen LogP contribution in [0.2, 0.25) is 0 Å². The minimum atomic E-state index is -1.48. The molecule has 6 N–H and O–H groups in total. The fraction of sp³-hybridized carbons (Fsp3) is 0.538. The zero-order chi connectivity index (χ0) is 14.7. The summed E-state index contributed by atoms with van der Waals surface area (Å²) in [4.78, 5) is 0. The highest BCUT2D eigenvalue weighted by Gasteiger charge is 2.44. The average Bonchev–Trinajstić information content (AvgIpc) is 2.48. The van der Waals surface area contributed by atoms with Crippen molar-refractivity contribution >= 4 is 0 Å². The molecule has 0 aromatic heterocycles. The molecule has 1 aliphatic rings. The van der Waals surface area contributed by atoms with Crippen LogP contribution < -0.4 is 5.73 Å². The van der Waals surface area contributed by atoms with Gasteiger partial charge in [0.1, 0.15) is 30.6 Å². The summed E-state index contributed by atoms with van der Waals surface area (Å²) in [6.45, 7) is -0.509. The average molecular weight is 285 g/mol. The zero-order valence-corrected chi connectivity index (χ0v) is 10.7. The van der Waals surface area contributed by atoms with E-state index in [2.05, 4.69) is 0 Å². The van der Waals surface area contributed by atoms with Gasteiger partial charge in [0.05, 0.1) is 6.61 Å². The third kappa shape index (κ3) is 3.15. The van der Waals surface area contributed by atoms with E-state index >= 15 is 0 Å². The molecule has 2 rings (SSSR count). The Kier molecular flexibility index (Phi) is 5.06. The van der Waals surface area contributed by atoms with Crippen LogP contribution in [0.3, 0.4) is 0 Å². The van der Waals surface area contributed by atoms with Crippen LogP contribution in [0.4, 0.5) is 0 Å². The molecule has 7 nitrogen and oxygen atoms in total. The predicted molar refractivity (Wildman–Crippen MR) is 68.2 cm³/mol. The van der Waals surface area contributed by atoms with Crippen LogP contribution in [0.25, 0.3) is 0 Å². The summed E-state index contributed by atoms with van der Waals surface area (Å²) in [5.74, 6) is 0. The normalized spacial score (nSPS) is 35.8. The summed E-state index contributed by atoms with van der Waals surface area (Å²) >= 11 is 0. The van der Waals surface area contributed by atoms with Crippen molar-refractivity contribution in [1.29, 1.82) is 0 Å². The maximum absolute atomic E-state index is 9.82. The van der Waals surface area contributed by atoms with Crippen molar-refractivity contribution < 1.29 is 29.9 Å². The first-order chi connectivity index (χ1) is 9.54. The molecule has 7 heteroatoms. The molecule has 0 aliphatic carbocycles. The number of benzene rings is 1. The van der Waals surface area contributed by atoms with Crippen LogP contribution in [0.15, 0.2) is 30.3 Å². The van der Waals surface area contributed by atoms with Gasteiger partial charge in [-0.05, 0) is 5.56 Å². The molecule has 0 unspecified atom stereocenters. The molecular weight excluding hydrogens is 266 g/mol. The van der Waals surface area contributed by atoms with Gasteiger partial charge >= 0.3 is 0 Å². The standard InChI is InChI=1S/C13H19NO6/c14-12(7-4-2-1-3-5-7)20-13-11(18)10(17)9(16)8(6-15)19-13/h1-5,8-13,15-18H,6,14H2/t8-,9-,10+,11-,12-,13+/m1/s1. The van der Waals surface area contributed by atoms with Crippen LogP contribution in [0, 0.1) is 0 Å². The molecule has 0 radical (unpaired) electrons. The van der Waals surface area contributed by atoms with E-state index in [1.54, 1.807) is 24.3 Å². The van der Waals surface area contributed by atoms with Crippen molar-refractivity contribution in [2.75, 3.05) is 6.61 Å². The van der Waals surface area contributed by atoms with E-state index < -0.39 is 43.5 Å². The highest BCUT2D eigenvalue weighted by Crippen LogP contribution is 2.25. The molecule has 1 aromatic rings. The second-order valence-corrected chi connectivity index (χ2v) is 4.66. The summed E-state index contributed by atoms with van der Waals surface area (Å²) in [5.41, 5.74) is 6.51. The van der Waals surface area contributed by atoms with E-state index in [4.69, 9.17) is 20.3 Å². The van der Waals surface area contributed by atoms with Gasteiger partial charge in [0.2, 0.25) is 0 Å². The number of rotatable bonds is 4. The van der Waals surface area contributed by atoms with Gasteiger partial charge in [0.15, 0.2) is 6.29 Å². The Morgan fingerprint density at radius 1 is 1.10 bits per heavy atom. The molecule has 20 heavy (non-hydrogen) atoms. The van der Waals surface area contributed by atoms with Crippen molar-refractivity contribution in [3.63, 3.8) is 0 Å². The third-order valence-electron chi connectivity index (χ3n) is 3.26. The van der Waals surface area contributed by atoms with E-state index in [1.165, 1.54) is 0 Å². The maximum atomic E-state index is 9.82. The van der Waals surface area contributed by atoms with Gasteiger partial charge < -0.3 is 35.6 Å². The summed E-state index contributed by atoms with van der Waals surface area (Å²) in [7, 11) is 0. The Morgan fingerprint density at radius 3 is 2.35 bits per heavy atom. The largest absolute Gasteiger partial charge is 0.394 e. The highest BCUT2D eigenvalue weighted by atomic mass is 16.7. The second kappa shape index (κ2) is 6.59. The number of nitrogens with two attached hydrogens (primary N) is 1. The molecule has 1 heterocycles. The molecule has 1 aromatic carbocycles. The van der Waals surface area contributed by atoms with E-state index in [1.807, 2.05) is 6.07 Å². The Hall–Kier alpha value is -1.06. The number of hydrogen-bond donors (Lipinski definition) is 5.